The maximum atomic E-state index is 12.6. The van der Waals surface area contributed by atoms with Gasteiger partial charge in [-0.25, -0.2) is 4.98 Å². The lowest BCUT2D eigenvalue weighted by Gasteiger charge is -2.09. The number of amides is 1. The first-order chi connectivity index (χ1) is 18.3. The molecule has 0 saturated carbocycles. The van der Waals surface area contributed by atoms with E-state index < -0.39 is 10.8 Å². The number of anilines is 1. The van der Waals surface area contributed by atoms with Crippen LogP contribution in [-0.2, 0) is 0 Å². The van der Waals surface area contributed by atoms with E-state index in [2.05, 4.69) is 29.5 Å². The quantitative estimate of drug-likeness (QED) is 0.139. The van der Waals surface area contributed by atoms with Crippen LogP contribution in [0.25, 0.3) is 33.9 Å². The lowest BCUT2D eigenvalue weighted by Crippen LogP contribution is -2.33. The largest absolute Gasteiger partial charge is 0.451 e. The van der Waals surface area contributed by atoms with E-state index in [1.54, 1.807) is 30.3 Å². The number of hydrogen-bond donors (Lipinski definition) is 2. The predicted molar refractivity (Wildman–Crippen MR) is 148 cm³/mol. The number of benzene rings is 3. The number of nitrogens with zero attached hydrogens (tertiary/aromatic N) is 2. The van der Waals surface area contributed by atoms with Crippen molar-refractivity contribution in [3.05, 3.63) is 100 Å². The van der Waals surface area contributed by atoms with Crippen LogP contribution in [0.5, 0.6) is 0 Å². The van der Waals surface area contributed by atoms with Crippen LogP contribution in [0.15, 0.2) is 87.7 Å². The monoisotopic (exact) mass is 526 g/mol. The molecule has 2 N–H and O–H groups in total. The molecule has 0 fully saturated rings. The molecule has 190 valence electrons. The standard InChI is InChI=1S/C28H22N4O5S/c1-16(2)18-9-12-24-21(15-18)30-27(37-24)17-7-10-19(11-8-17)29-28(38)31-26(33)25-14-13-23(36-25)20-5-3-4-6-22(20)32(34)35/h3-16H,1-2H3,(H2,29,31,33,38). The molecule has 0 aliphatic heterocycles. The molecule has 0 aliphatic carbocycles. The number of carbonyl (C=O) groups excluding carboxylic acids is 1. The number of nitrogens with one attached hydrogen (secondary N) is 2. The van der Waals surface area contributed by atoms with Crippen LogP contribution in [0.3, 0.4) is 0 Å². The van der Waals surface area contributed by atoms with Gasteiger partial charge in [0.15, 0.2) is 16.5 Å². The third-order valence-corrected chi connectivity index (χ3v) is 6.10. The molecule has 1 amide bonds. The summed E-state index contributed by atoms with van der Waals surface area (Å²) >= 11 is 5.27. The second kappa shape index (κ2) is 10.3. The molecule has 3 aromatic carbocycles. The van der Waals surface area contributed by atoms with Crippen molar-refractivity contribution in [2.75, 3.05) is 5.32 Å². The van der Waals surface area contributed by atoms with Gasteiger partial charge >= 0.3 is 0 Å². The molecule has 9 nitrogen and oxygen atoms in total. The average molecular weight is 527 g/mol. The summed E-state index contributed by atoms with van der Waals surface area (Å²) in [6.07, 6.45) is 0. The molecule has 38 heavy (non-hydrogen) atoms. The highest BCUT2D eigenvalue weighted by atomic mass is 32.1. The number of hydrogen-bond acceptors (Lipinski definition) is 7. The van der Waals surface area contributed by atoms with Crippen LogP contribution in [0.4, 0.5) is 11.4 Å². The Morgan fingerprint density at radius 2 is 1.76 bits per heavy atom. The molecule has 0 saturated heterocycles. The van der Waals surface area contributed by atoms with Gasteiger partial charge in [0.25, 0.3) is 11.6 Å². The van der Waals surface area contributed by atoms with Gasteiger partial charge in [0.2, 0.25) is 5.89 Å². The summed E-state index contributed by atoms with van der Waals surface area (Å²) in [5.41, 5.74) is 4.32. The number of furan rings is 1. The molecule has 10 heteroatoms. The molecule has 0 aliphatic rings. The van der Waals surface area contributed by atoms with Crippen molar-refractivity contribution in [2.45, 2.75) is 19.8 Å². The van der Waals surface area contributed by atoms with Crippen molar-refractivity contribution >= 4 is 45.7 Å². The zero-order chi connectivity index (χ0) is 26.8. The predicted octanol–water partition coefficient (Wildman–Crippen LogP) is 6.91. The van der Waals surface area contributed by atoms with E-state index in [1.807, 2.05) is 30.3 Å². The van der Waals surface area contributed by atoms with Gasteiger partial charge in [-0.05, 0) is 78.3 Å². The Kier molecular flexibility index (Phi) is 6.71. The zero-order valence-corrected chi connectivity index (χ0v) is 21.2. The highest BCUT2D eigenvalue weighted by Crippen LogP contribution is 2.31. The molecule has 5 rings (SSSR count). The third kappa shape index (κ3) is 5.16. The first kappa shape index (κ1) is 24.8. The molecule has 2 aromatic heterocycles. The van der Waals surface area contributed by atoms with E-state index in [0.29, 0.717) is 17.5 Å². The first-order valence-electron chi connectivity index (χ1n) is 11.8. The highest BCUT2D eigenvalue weighted by Gasteiger charge is 2.20. The van der Waals surface area contributed by atoms with Crippen LogP contribution in [0.2, 0.25) is 0 Å². The maximum absolute atomic E-state index is 12.6. The van der Waals surface area contributed by atoms with Crippen LogP contribution in [0, 0.1) is 10.1 Å². The van der Waals surface area contributed by atoms with E-state index in [4.69, 9.17) is 21.1 Å². The third-order valence-electron chi connectivity index (χ3n) is 5.89. The van der Waals surface area contributed by atoms with Gasteiger partial charge in [0.05, 0.1) is 10.5 Å². The van der Waals surface area contributed by atoms with E-state index in [0.717, 1.165) is 16.7 Å². The number of rotatable bonds is 6. The SMILES string of the molecule is CC(C)c1ccc2oc(-c3ccc(NC(=S)NC(=O)c4ccc(-c5ccccc5[N+](=O)[O-])o4)cc3)nc2c1. The molecule has 0 radical (unpaired) electrons. The van der Waals surface area contributed by atoms with Crippen molar-refractivity contribution in [3.63, 3.8) is 0 Å². The van der Waals surface area contributed by atoms with Crippen molar-refractivity contribution in [3.8, 4) is 22.8 Å². The van der Waals surface area contributed by atoms with E-state index in [9.17, 15) is 14.9 Å². The number of thiocarbonyl (C=S) groups is 1. The second-order valence-electron chi connectivity index (χ2n) is 8.82. The Balaban J connectivity index is 1.23. The summed E-state index contributed by atoms with van der Waals surface area (Å²) in [6.45, 7) is 4.26. The van der Waals surface area contributed by atoms with Gasteiger partial charge in [-0.2, -0.15) is 0 Å². The lowest BCUT2D eigenvalue weighted by molar-refractivity contribution is -0.384. The summed E-state index contributed by atoms with van der Waals surface area (Å²) in [7, 11) is 0. The van der Waals surface area contributed by atoms with Crippen LogP contribution >= 0.6 is 12.2 Å². The van der Waals surface area contributed by atoms with E-state index in [1.165, 1.54) is 23.8 Å². The summed E-state index contributed by atoms with van der Waals surface area (Å²) in [5, 5.41) is 16.8. The summed E-state index contributed by atoms with van der Waals surface area (Å²) < 4.78 is 11.5. The fraction of sp³-hybridized carbons (Fsp3) is 0.107. The fourth-order valence-corrected chi connectivity index (χ4v) is 4.11. The van der Waals surface area contributed by atoms with Crippen LogP contribution in [-0.4, -0.2) is 20.9 Å². The molecule has 0 atom stereocenters. The fourth-order valence-electron chi connectivity index (χ4n) is 3.90. The van der Waals surface area contributed by atoms with Crippen molar-refractivity contribution in [1.29, 1.82) is 0 Å². The van der Waals surface area contributed by atoms with Gasteiger partial charge in [0, 0.05) is 17.3 Å². The number of fused-ring (bicyclic) bond motifs is 1. The number of para-hydroxylation sites is 1. The normalized spacial score (nSPS) is 11.0. The van der Waals surface area contributed by atoms with Crippen LogP contribution in [0.1, 0.15) is 35.9 Å². The molecule has 0 spiro atoms. The van der Waals surface area contributed by atoms with Crippen LogP contribution < -0.4 is 10.6 Å². The zero-order valence-electron chi connectivity index (χ0n) is 20.4. The highest BCUT2D eigenvalue weighted by molar-refractivity contribution is 7.80. The molecule has 0 unspecified atom stereocenters. The van der Waals surface area contributed by atoms with E-state index in [-0.39, 0.29) is 27.9 Å². The minimum atomic E-state index is -0.587. The topological polar surface area (TPSA) is 123 Å². The Labute approximate surface area is 222 Å². The second-order valence-corrected chi connectivity index (χ2v) is 9.23. The molecule has 2 heterocycles. The first-order valence-corrected chi connectivity index (χ1v) is 12.2. The number of nitro benzene ring substituents is 1. The van der Waals surface area contributed by atoms with Gasteiger partial charge in [-0.1, -0.05) is 32.0 Å². The number of aromatic nitrogens is 1. The van der Waals surface area contributed by atoms with Gasteiger partial charge in [-0.15, -0.1) is 0 Å². The van der Waals surface area contributed by atoms with Crippen molar-refractivity contribution in [2.24, 2.45) is 0 Å². The van der Waals surface area contributed by atoms with Crippen molar-refractivity contribution < 1.29 is 18.6 Å². The molecule has 0 bridgehead atoms. The maximum Gasteiger partial charge on any atom is 0.293 e. The molecular weight excluding hydrogens is 504 g/mol. The number of carbonyl (C=O) groups is 1. The summed E-state index contributed by atoms with van der Waals surface area (Å²) in [6, 6.07) is 22.3. The lowest BCUT2D eigenvalue weighted by atomic mass is 10.0. The number of oxazole rings is 1. The smallest absolute Gasteiger partial charge is 0.293 e. The Bertz CT molecular complexity index is 1670. The van der Waals surface area contributed by atoms with Gasteiger partial charge < -0.3 is 14.2 Å². The Hall–Kier alpha value is -4.83. The summed E-state index contributed by atoms with van der Waals surface area (Å²) in [4.78, 5) is 28.0. The minimum absolute atomic E-state index is 0.0331. The van der Waals surface area contributed by atoms with Gasteiger partial charge in [0.1, 0.15) is 11.3 Å². The summed E-state index contributed by atoms with van der Waals surface area (Å²) in [5.74, 6) is 0.493. The molecule has 5 aromatic rings. The molecular formula is C28H22N4O5S. The minimum Gasteiger partial charge on any atom is -0.451 e. The Morgan fingerprint density at radius 1 is 1.00 bits per heavy atom. The average Bonchev–Trinajstić information content (AvgIpc) is 3.56. The number of nitro groups is 1. The van der Waals surface area contributed by atoms with E-state index >= 15 is 0 Å². The van der Waals surface area contributed by atoms with Crippen molar-refractivity contribution in [1.82, 2.24) is 10.3 Å². The Morgan fingerprint density at radius 3 is 2.50 bits per heavy atom. The van der Waals surface area contributed by atoms with Gasteiger partial charge in [-0.3, -0.25) is 20.2 Å².